The smallest absolute Gasteiger partial charge is 0.309 e. The summed E-state index contributed by atoms with van der Waals surface area (Å²) in [5.41, 5.74) is 23.8. The summed E-state index contributed by atoms with van der Waals surface area (Å²) < 4.78 is 48.1. The lowest BCUT2D eigenvalue weighted by Gasteiger charge is -2.23. The van der Waals surface area contributed by atoms with E-state index in [2.05, 4.69) is 214 Å². The van der Waals surface area contributed by atoms with E-state index in [0.717, 1.165) is 117 Å². The minimum absolute atomic E-state index is 0.123. The number of halogens is 3. The van der Waals surface area contributed by atoms with Crippen LogP contribution >= 0.6 is 0 Å². The van der Waals surface area contributed by atoms with Gasteiger partial charge in [0.2, 0.25) is 0 Å². The molecule has 0 saturated carbocycles. The molecule has 12 aromatic rings. The van der Waals surface area contributed by atoms with Crippen molar-refractivity contribution in [2.45, 2.75) is 46.7 Å². The van der Waals surface area contributed by atoms with E-state index in [1.54, 1.807) is 13.0 Å². The molecule has 0 aliphatic heterocycles. The lowest BCUT2D eigenvalue weighted by molar-refractivity contribution is -0.137. The summed E-state index contributed by atoms with van der Waals surface area (Å²) in [5.74, 6) is -0.307. The van der Waals surface area contributed by atoms with Crippen molar-refractivity contribution in [2.24, 2.45) is 0 Å². The van der Waals surface area contributed by atoms with Crippen molar-refractivity contribution >= 4 is 21.8 Å². The summed E-state index contributed by atoms with van der Waals surface area (Å²) in [6.45, 7) is 10.2. The fraction of sp³-hybridized carbons (Fsp3) is 0.0946. The van der Waals surface area contributed by atoms with Gasteiger partial charge in [-0.1, -0.05) is 180 Å². The molecule has 0 saturated heterocycles. The van der Waals surface area contributed by atoms with Crippen molar-refractivity contribution in [3.8, 4) is 89.6 Å². The van der Waals surface area contributed by atoms with Crippen LogP contribution in [0.25, 0.3) is 105 Å². The van der Waals surface area contributed by atoms with Gasteiger partial charge in [0.15, 0.2) is 0 Å². The lowest BCUT2D eigenvalue weighted by Crippen LogP contribution is -2.09. The van der Waals surface area contributed by atoms with Crippen LogP contribution in [0.3, 0.4) is 0 Å². The Balaban J connectivity index is 1.11. The molecule has 380 valence electrons. The summed E-state index contributed by atoms with van der Waals surface area (Å²) >= 11 is 0. The fourth-order valence-electron chi connectivity index (χ4n) is 12.4. The van der Waals surface area contributed by atoms with Crippen LogP contribution in [0, 0.1) is 45.9 Å². The third kappa shape index (κ3) is 8.71. The first kappa shape index (κ1) is 49.1. The molecule has 5 heteroatoms. The van der Waals surface area contributed by atoms with Gasteiger partial charge in [-0.25, -0.2) is 0 Å². The number of benzene rings is 11. The lowest BCUT2D eigenvalue weighted by atomic mass is 9.82. The monoisotopic (exact) mass is 1030 g/mol. The van der Waals surface area contributed by atoms with E-state index in [-0.39, 0.29) is 11.5 Å². The summed E-state index contributed by atoms with van der Waals surface area (Å²) in [6, 6.07) is 79.4. The minimum atomic E-state index is -4.62. The van der Waals surface area contributed by atoms with E-state index < -0.39 is 11.7 Å². The van der Waals surface area contributed by atoms with Crippen LogP contribution in [0.5, 0.6) is 0 Å². The van der Waals surface area contributed by atoms with Crippen LogP contribution in [-0.4, -0.2) is 4.57 Å². The topological polar surface area (TPSA) is 28.7 Å². The van der Waals surface area contributed by atoms with Gasteiger partial charge in [-0.15, -0.1) is 0 Å². The second kappa shape index (κ2) is 19.2. The van der Waals surface area contributed by atoms with Crippen molar-refractivity contribution < 1.29 is 13.2 Å². The van der Waals surface area contributed by atoms with Crippen LogP contribution in [-0.2, 0) is 6.18 Å². The number of hydrogen-bond donors (Lipinski definition) is 0. The third-order valence-corrected chi connectivity index (χ3v) is 16.1. The highest BCUT2D eigenvalue weighted by Gasteiger charge is 2.36. The van der Waals surface area contributed by atoms with Crippen molar-refractivity contribution in [3.05, 3.63) is 280 Å². The van der Waals surface area contributed by atoms with E-state index >= 15 is 13.2 Å². The molecule has 0 unspecified atom stereocenters. The van der Waals surface area contributed by atoms with Gasteiger partial charge < -0.3 is 4.57 Å². The first-order chi connectivity index (χ1) is 38.3. The zero-order valence-corrected chi connectivity index (χ0v) is 44.5. The average Bonchev–Trinajstić information content (AvgIpc) is 4.09. The fourth-order valence-corrected chi connectivity index (χ4v) is 12.4. The summed E-state index contributed by atoms with van der Waals surface area (Å²) in [5, 5.41) is 12.9. The van der Waals surface area contributed by atoms with Gasteiger partial charge in [-0.2, -0.15) is 18.4 Å². The SMILES string of the molecule is Cc1cccc(-c2ccc3c(c2)-c2cc(-c4cccc(C)c4)ccc2C3c2ccc(C#N)cc2-c2cc(-c3c(C)cccc3C(F)(F)F)ccc2-n2c3ccc(-c4cccc(C)c4)cc3c3cc(-c4cccc(C)c4)ccc32)c1. The molecular formula is C74H53F3N2. The van der Waals surface area contributed by atoms with Crippen LogP contribution in [0.2, 0.25) is 0 Å². The Morgan fingerprint density at radius 3 is 1.23 bits per heavy atom. The third-order valence-electron chi connectivity index (χ3n) is 16.1. The predicted octanol–water partition coefficient (Wildman–Crippen LogP) is 20.4. The number of alkyl halides is 3. The molecule has 79 heavy (non-hydrogen) atoms. The van der Waals surface area contributed by atoms with Crippen molar-refractivity contribution in [3.63, 3.8) is 0 Å². The van der Waals surface area contributed by atoms with Gasteiger partial charge in [-0.3, -0.25) is 0 Å². The Hall–Kier alpha value is -9.50. The molecule has 2 nitrogen and oxygen atoms in total. The number of aryl methyl sites for hydroxylation is 5. The molecule has 0 N–H and O–H groups in total. The minimum Gasteiger partial charge on any atom is -0.309 e. The maximum Gasteiger partial charge on any atom is 0.417 e. The van der Waals surface area contributed by atoms with E-state index in [9.17, 15) is 5.26 Å². The van der Waals surface area contributed by atoms with Crippen LogP contribution < -0.4 is 0 Å². The molecule has 1 aromatic heterocycles. The molecule has 0 radical (unpaired) electrons. The highest BCUT2D eigenvalue weighted by Crippen LogP contribution is 2.54. The van der Waals surface area contributed by atoms with Crippen molar-refractivity contribution in [1.82, 2.24) is 4.57 Å². The summed E-state index contributed by atoms with van der Waals surface area (Å²) in [6.07, 6.45) is -4.62. The first-order valence-electron chi connectivity index (χ1n) is 26.8. The molecule has 1 heterocycles. The highest BCUT2D eigenvalue weighted by atomic mass is 19.4. The second-order valence-electron chi connectivity index (χ2n) is 21.5. The van der Waals surface area contributed by atoms with Crippen molar-refractivity contribution in [2.75, 3.05) is 0 Å². The quantitative estimate of drug-likeness (QED) is 0.149. The van der Waals surface area contributed by atoms with Gasteiger partial charge in [-0.05, 0) is 196 Å². The van der Waals surface area contributed by atoms with Crippen molar-refractivity contribution in [1.29, 1.82) is 5.26 Å². The number of nitrogens with zero attached hydrogens (tertiary/aromatic N) is 2. The van der Waals surface area contributed by atoms with Crippen LogP contribution in [0.1, 0.15) is 61.6 Å². The number of rotatable bonds is 8. The number of hydrogen-bond acceptors (Lipinski definition) is 1. The Morgan fingerprint density at radius 1 is 0.380 bits per heavy atom. The van der Waals surface area contributed by atoms with Gasteiger partial charge in [0.25, 0.3) is 0 Å². The van der Waals surface area contributed by atoms with Gasteiger partial charge in [0, 0.05) is 22.3 Å². The zero-order chi connectivity index (χ0) is 54.3. The van der Waals surface area contributed by atoms with Crippen LogP contribution in [0.4, 0.5) is 13.2 Å². The molecule has 0 bridgehead atoms. The predicted molar refractivity (Wildman–Crippen MR) is 320 cm³/mol. The molecule has 0 amide bonds. The van der Waals surface area contributed by atoms with Gasteiger partial charge in [0.1, 0.15) is 0 Å². The average molecular weight is 1030 g/mol. The Labute approximate surface area is 459 Å². The first-order valence-corrected chi connectivity index (χ1v) is 26.8. The Kier molecular flexibility index (Phi) is 11.9. The maximum absolute atomic E-state index is 15.3. The number of fused-ring (bicyclic) bond motifs is 6. The van der Waals surface area contributed by atoms with Crippen LogP contribution in [0.15, 0.2) is 224 Å². The zero-order valence-electron chi connectivity index (χ0n) is 44.5. The molecule has 0 fully saturated rings. The summed E-state index contributed by atoms with van der Waals surface area (Å²) in [4.78, 5) is 0. The largest absolute Gasteiger partial charge is 0.417 e. The standard InChI is InChI=1S/C74H53F3N2/c1-44-11-6-16-50(33-44)54-22-28-60-63(38-54)64-39-55(51-17-7-12-45(2)34-51)23-29-61(64)73(60)59-27-21-49(43-78)37-62(59)65-42-58(72-48(5)15-10-20-68(72)74(75,76)77)26-32-69(65)79-70-30-24-56(52-18-8-13-46(3)35-52)40-66(70)67-41-57(25-31-71(67)79)53-19-9-14-47(4)36-53/h6-42,73H,1-5H3. The van der Waals surface area contributed by atoms with E-state index in [1.807, 2.05) is 30.3 Å². The molecule has 0 spiro atoms. The Morgan fingerprint density at radius 2 is 0.772 bits per heavy atom. The number of aromatic nitrogens is 1. The summed E-state index contributed by atoms with van der Waals surface area (Å²) in [7, 11) is 0. The maximum atomic E-state index is 15.3. The van der Waals surface area contributed by atoms with E-state index in [0.29, 0.717) is 22.3 Å². The molecule has 0 atom stereocenters. The highest BCUT2D eigenvalue weighted by molar-refractivity contribution is 6.12. The molecule has 1 aliphatic rings. The molecule has 13 rings (SSSR count). The second-order valence-corrected chi connectivity index (χ2v) is 21.5. The molecular weight excluding hydrogens is 974 g/mol. The van der Waals surface area contributed by atoms with Gasteiger partial charge in [0.05, 0.1) is 33.9 Å². The molecule has 11 aromatic carbocycles. The molecule has 1 aliphatic carbocycles. The number of nitriles is 1. The van der Waals surface area contributed by atoms with E-state index in [4.69, 9.17) is 0 Å². The normalized spacial score (nSPS) is 12.2. The van der Waals surface area contributed by atoms with Gasteiger partial charge >= 0.3 is 6.18 Å². The van der Waals surface area contributed by atoms with E-state index in [1.165, 1.54) is 23.3 Å². The Bertz CT molecular complexity index is 4310.